The van der Waals surface area contributed by atoms with E-state index in [1.165, 1.54) is 6.92 Å². The van der Waals surface area contributed by atoms with Crippen LogP contribution < -0.4 is 5.73 Å². The number of ether oxygens (including phenoxy) is 1. The van der Waals surface area contributed by atoms with Gasteiger partial charge in [-0.15, -0.1) is 0 Å². The average molecular weight is 163 g/mol. The lowest BCUT2D eigenvalue weighted by Gasteiger charge is -1.89. The molecule has 3 N–H and O–H groups in total. The molecule has 0 saturated carbocycles. The van der Waals surface area contributed by atoms with Crippen molar-refractivity contribution in [3.05, 3.63) is 0 Å². The summed E-state index contributed by atoms with van der Waals surface area (Å²) in [5.74, 6) is -1.18. The van der Waals surface area contributed by atoms with Crippen molar-refractivity contribution in [1.29, 1.82) is 0 Å². The summed E-state index contributed by atoms with van der Waals surface area (Å²) < 4.78 is 4.40. The van der Waals surface area contributed by atoms with E-state index in [0.717, 1.165) is 0 Å². The molecule has 0 aromatic rings. The molecule has 0 aliphatic rings. The zero-order valence-electron chi connectivity index (χ0n) is 6.66. The highest BCUT2D eigenvalue weighted by Gasteiger charge is 1.81. The summed E-state index contributed by atoms with van der Waals surface area (Å²) in [7, 11) is 0. The Morgan fingerprint density at radius 1 is 1.55 bits per heavy atom. The maximum atomic E-state index is 9.82. The largest absolute Gasteiger partial charge is 0.480 e. The fraction of sp³-hybridized carbons (Fsp3) is 0.667. The van der Waals surface area contributed by atoms with Crippen LogP contribution in [0.25, 0.3) is 0 Å². The van der Waals surface area contributed by atoms with Gasteiger partial charge in [-0.25, -0.2) is 0 Å². The van der Waals surface area contributed by atoms with Gasteiger partial charge in [0.25, 0.3) is 0 Å². The summed E-state index contributed by atoms with van der Waals surface area (Å²) in [6.45, 7) is 3.38. The Balaban J connectivity index is 0. The highest BCUT2D eigenvalue weighted by atomic mass is 16.5. The van der Waals surface area contributed by atoms with Crippen molar-refractivity contribution in [1.82, 2.24) is 0 Å². The summed E-state index contributed by atoms with van der Waals surface area (Å²) in [6.07, 6.45) is 0. The second-order valence-electron chi connectivity index (χ2n) is 1.52. The lowest BCUT2D eigenvalue weighted by Crippen LogP contribution is -2.10. The Bertz CT molecular complexity index is 124. The average Bonchev–Trinajstić information content (AvgIpc) is 1.89. The minimum atomic E-state index is -0.968. The number of aliphatic carboxylic acids is 1. The first-order chi connectivity index (χ1) is 5.04. The van der Waals surface area contributed by atoms with Gasteiger partial charge in [-0.05, 0) is 6.92 Å². The molecule has 0 aliphatic heterocycles. The van der Waals surface area contributed by atoms with Crippen molar-refractivity contribution in [3.63, 3.8) is 0 Å². The predicted molar refractivity (Wildman–Crippen MR) is 39.0 cm³/mol. The van der Waals surface area contributed by atoms with Gasteiger partial charge in [0.1, 0.15) is 0 Å². The Morgan fingerprint density at radius 2 is 1.91 bits per heavy atom. The van der Waals surface area contributed by atoms with Crippen LogP contribution >= 0.6 is 0 Å². The molecule has 0 aromatic carbocycles. The van der Waals surface area contributed by atoms with E-state index >= 15 is 0 Å². The molecule has 0 spiro atoms. The molecular formula is C6H13NO4. The van der Waals surface area contributed by atoms with Crippen molar-refractivity contribution in [2.45, 2.75) is 13.8 Å². The number of rotatable bonds is 2. The second-order valence-corrected chi connectivity index (χ2v) is 1.52. The van der Waals surface area contributed by atoms with Crippen molar-refractivity contribution in [2.24, 2.45) is 5.73 Å². The first-order valence-electron chi connectivity index (χ1n) is 3.09. The summed E-state index contributed by atoms with van der Waals surface area (Å²) >= 11 is 0. The number of hydrogen-bond acceptors (Lipinski definition) is 4. The molecule has 0 saturated heterocycles. The van der Waals surface area contributed by atoms with Crippen LogP contribution in [-0.4, -0.2) is 30.2 Å². The summed E-state index contributed by atoms with van der Waals surface area (Å²) in [5, 5.41) is 7.60. The van der Waals surface area contributed by atoms with Crippen molar-refractivity contribution in [2.75, 3.05) is 13.2 Å². The van der Waals surface area contributed by atoms with Crippen LogP contribution in [0.4, 0.5) is 0 Å². The van der Waals surface area contributed by atoms with Gasteiger partial charge in [0, 0.05) is 6.92 Å². The molecular weight excluding hydrogens is 150 g/mol. The molecule has 0 bridgehead atoms. The van der Waals surface area contributed by atoms with Crippen molar-refractivity contribution >= 4 is 11.9 Å². The lowest BCUT2D eigenvalue weighted by atomic mass is 10.7. The van der Waals surface area contributed by atoms with E-state index in [9.17, 15) is 9.59 Å². The quantitative estimate of drug-likeness (QED) is 0.540. The minimum Gasteiger partial charge on any atom is -0.480 e. The zero-order chi connectivity index (χ0) is 9.28. The summed E-state index contributed by atoms with van der Waals surface area (Å²) in [4.78, 5) is 19.1. The number of hydrogen-bond donors (Lipinski definition) is 2. The number of carbonyl (C=O) groups is 2. The van der Waals surface area contributed by atoms with Gasteiger partial charge in [-0.2, -0.15) is 0 Å². The Kier molecular flexibility index (Phi) is 10.2. The van der Waals surface area contributed by atoms with Crippen LogP contribution in [0.5, 0.6) is 0 Å². The predicted octanol–water partition coefficient (Wildman–Crippen LogP) is -0.401. The number of carboxylic acid groups (broad SMARTS) is 1. The fourth-order valence-corrected chi connectivity index (χ4v) is 0.203. The number of carbonyl (C=O) groups excluding carboxylic acids is 1. The summed E-state index contributed by atoms with van der Waals surface area (Å²) in [5.41, 5.74) is 4.57. The highest BCUT2D eigenvalue weighted by molar-refractivity contribution is 5.68. The lowest BCUT2D eigenvalue weighted by molar-refractivity contribution is -0.140. The normalized spacial score (nSPS) is 7.55. The standard InChI is InChI=1S/C4H8O2.C2H5NO2/c1-3-6-4(2)5;3-1-2(4)5/h3H2,1-2H3;1,3H2,(H,4,5). The Hall–Kier alpha value is -1.10. The van der Waals surface area contributed by atoms with E-state index in [0.29, 0.717) is 6.61 Å². The third-order valence-electron chi connectivity index (χ3n) is 0.522. The van der Waals surface area contributed by atoms with E-state index in [1.54, 1.807) is 6.92 Å². The Labute approximate surface area is 65.1 Å². The van der Waals surface area contributed by atoms with Gasteiger partial charge in [0.2, 0.25) is 0 Å². The first kappa shape index (κ1) is 12.6. The van der Waals surface area contributed by atoms with Gasteiger partial charge < -0.3 is 15.6 Å². The molecule has 66 valence electrons. The topological polar surface area (TPSA) is 89.6 Å². The van der Waals surface area contributed by atoms with Gasteiger partial charge in [0.05, 0.1) is 13.2 Å². The summed E-state index contributed by atoms with van der Waals surface area (Å²) in [6, 6.07) is 0. The molecule has 0 unspecified atom stereocenters. The smallest absolute Gasteiger partial charge is 0.317 e. The van der Waals surface area contributed by atoms with E-state index in [-0.39, 0.29) is 12.5 Å². The van der Waals surface area contributed by atoms with Crippen LogP contribution in [0.15, 0.2) is 0 Å². The first-order valence-corrected chi connectivity index (χ1v) is 3.09. The fourth-order valence-electron chi connectivity index (χ4n) is 0.203. The maximum Gasteiger partial charge on any atom is 0.317 e. The number of esters is 1. The molecule has 5 heteroatoms. The van der Waals surface area contributed by atoms with Gasteiger partial charge in [-0.1, -0.05) is 0 Å². The molecule has 5 nitrogen and oxygen atoms in total. The van der Waals surface area contributed by atoms with Crippen LogP contribution in [0.1, 0.15) is 13.8 Å². The van der Waals surface area contributed by atoms with E-state index in [4.69, 9.17) is 5.11 Å². The molecule has 11 heavy (non-hydrogen) atoms. The van der Waals surface area contributed by atoms with Crippen molar-refractivity contribution in [3.8, 4) is 0 Å². The molecule has 0 atom stereocenters. The van der Waals surface area contributed by atoms with Crippen molar-refractivity contribution < 1.29 is 19.4 Å². The van der Waals surface area contributed by atoms with Crippen LogP contribution in [0.2, 0.25) is 0 Å². The van der Waals surface area contributed by atoms with E-state index < -0.39 is 5.97 Å². The molecule has 0 aromatic heterocycles. The van der Waals surface area contributed by atoms with E-state index in [2.05, 4.69) is 10.5 Å². The van der Waals surface area contributed by atoms with Crippen LogP contribution in [-0.2, 0) is 14.3 Å². The number of nitrogens with two attached hydrogens (primary N) is 1. The third-order valence-corrected chi connectivity index (χ3v) is 0.522. The molecule has 0 aliphatic carbocycles. The third kappa shape index (κ3) is 27.9. The molecule has 0 rings (SSSR count). The molecule has 0 heterocycles. The highest BCUT2D eigenvalue weighted by Crippen LogP contribution is 1.69. The minimum absolute atomic E-state index is 0.211. The second kappa shape index (κ2) is 8.90. The van der Waals surface area contributed by atoms with Crippen LogP contribution in [0, 0.1) is 0 Å². The van der Waals surface area contributed by atoms with Gasteiger partial charge in [-0.3, -0.25) is 9.59 Å². The number of carboxylic acids is 1. The SMILES string of the molecule is CCOC(C)=O.NCC(=O)O. The Morgan fingerprint density at radius 3 is 1.91 bits per heavy atom. The molecule has 0 radical (unpaired) electrons. The molecule has 0 fully saturated rings. The zero-order valence-corrected chi connectivity index (χ0v) is 6.66. The molecule has 0 amide bonds. The monoisotopic (exact) mass is 163 g/mol. The van der Waals surface area contributed by atoms with E-state index in [1.807, 2.05) is 0 Å². The maximum absolute atomic E-state index is 9.82. The van der Waals surface area contributed by atoms with Gasteiger partial charge in [0.15, 0.2) is 0 Å². The van der Waals surface area contributed by atoms with Gasteiger partial charge >= 0.3 is 11.9 Å². The van der Waals surface area contributed by atoms with Crippen LogP contribution in [0.3, 0.4) is 0 Å².